The monoisotopic (exact) mass is 244 g/mol. The van der Waals surface area contributed by atoms with Gasteiger partial charge in [0, 0.05) is 11.9 Å². The quantitative estimate of drug-likeness (QED) is 0.691. The normalized spacial score (nSPS) is 11.6. The van der Waals surface area contributed by atoms with Gasteiger partial charge in [-0.05, 0) is 33.4 Å². The van der Waals surface area contributed by atoms with Crippen LogP contribution in [0.4, 0.5) is 0 Å². The highest BCUT2D eigenvalue weighted by Crippen LogP contribution is 2.08. The van der Waals surface area contributed by atoms with Crippen LogP contribution in [-0.2, 0) is 6.54 Å². The van der Waals surface area contributed by atoms with Crippen molar-refractivity contribution >= 4 is 11.6 Å². The Morgan fingerprint density at radius 3 is 2.81 bits per heavy atom. The summed E-state index contributed by atoms with van der Waals surface area (Å²) in [5, 5.41) is 4.24. The summed E-state index contributed by atoms with van der Waals surface area (Å²) in [6.45, 7) is 9.28. The van der Waals surface area contributed by atoms with Gasteiger partial charge in [-0.2, -0.15) is 5.10 Å². The highest BCUT2D eigenvalue weighted by Gasteiger charge is 2.11. The van der Waals surface area contributed by atoms with Crippen molar-refractivity contribution in [2.45, 2.75) is 39.8 Å². The number of hydrogen-bond donors (Lipinski definition) is 0. The van der Waals surface area contributed by atoms with Crippen LogP contribution in [0.15, 0.2) is 6.33 Å². The van der Waals surface area contributed by atoms with Crippen LogP contribution >= 0.6 is 11.6 Å². The molecule has 0 N–H and O–H groups in total. The second-order valence-electron chi connectivity index (χ2n) is 4.13. The molecule has 0 unspecified atom stereocenters. The molecule has 0 saturated heterocycles. The fraction of sp³-hybridized carbons (Fsp3) is 0.818. The summed E-state index contributed by atoms with van der Waals surface area (Å²) < 4.78 is 1.98. The Morgan fingerprint density at radius 1 is 1.50 bits per heavy atom. The Morgan fingerprint density at radius 2 is 2.25 bits per heavy atom. The summed E-state index contributed by atoms with van der Waals surface area (Å²) in [5.41, 5.74) is 0. The summed E-state index contributed by atoms with van der Waals surface area (Å²) in [6.07, 6.45) is 2.65. The van der Waals surface area contributed by atoms with Crippen LogP contribution in [0.2, 0.25) is 0 Å². The SMILES string of the molecule is CCN(CCCCl)Cc1ncnn1C(C)C. The second-order valence-corrected chi connectivity index (χ2v) is 4.50. The predicted octanol–water partition coefficient (Wildman–Crippen LogP) is 2.31. The first-order valence-electron chi connectivity index (χ1n) is 5.85. The summed E-state index contributed by atoms with van der Waals surface area (Å²) in [6, 6.07) is 0.365. The van der Waals surface area contributed by atoms with Crippen LogP contribution in [0.3, 0.4) is 0 Å². The third kappa shape index (κ3) is 3.76. The molecule has 16 heavy (non-hydrogen) atoms. The smallest absolute Gasteiger partial charge is 0.141 e. The minimum Gasteiger partial charge on any atom is -0.296 e. The molecule has 1 aromatic rings. The number of halogens is 1. The lowest BCUT2D eigenvalue weighted by molar-refractivity contribution is 0.265. The van der Waals surface area contributed by atoms with E-state index in [2.05, 4.69) is 35.8 Å². The van der Waals surface area contributed by atoms with E-state index < -0.39 is 0 Å². The molecule has 0 aliphatic carbocycles. The number of hydrogen-bond acceptors (Lipinski definition) is 3. The van der Waals surface area contributed by atoms with Crippen LogP contribution < -0.4 is 0 Å². The van der Waals surface area contributed by atoms with Crippen molar-refractivity contribution in [1.82, 2.24) is 19.7 Å². The molecule has 92 valence electrons. The topological polar surface area (TPSA) is 34.0 Å². The maximum atomic E-state index is 5.71. The van der Waals surface area contributed by atoms with Crippen molar-refractivity contribution in [3.63, 3.8) is 0 Å². The molecule has 1 rings (SSSR count). The van der Waals surface area contributed by atoms with Crippen molar-refractivity contribution in [2.24, 2.45) is 0 Å². The lowest BCUT2D eigenvalue weighted by Crippen LogP contribution is -2.26. The van der Waals surface area contributed by atoms with E-state index in [0.717, 1.165) is 31.9 Å². The van der Waals surface area contributed by atoms with E-state index in [9.17, 15) is 0 Å². The maximum absolute atomic E-state index is 5.71. The van der Waals surface area contributed by atoms with E-state index in [4.69, 9.17) is 11.6 Å². The van der Waals surface area contributed by atoms with Gasteiger partial charge in [0.05, 0.1) is 6.54 Å². The average Bonchev–Trinajstić information content (AvgIpc) is 2.72. The Balaban J connectivity index is 2.59. The molecule has 1 aromatic heterocycles. The Kier molecular flexibility index (Phi) is 5.77. The molecule has 0 atom stereocenters. The van der Waals surface area contributed by atoms with Gasteiger partial charge in [-0.15, -0.1) is 11.6 Å². The zero-order valence-electron chi connectivity index (χ0n) is 10.4. The second kappa shape index (κ2) is 6.86. The number of rotatable bonds is 7. The molecule has 0 aliphatic rings. The van der Waals surface area contributed by atoms with E-state index in [0.29, 0.717) is 11.9 Å². The van der Waals surface area contributed by atoms with Gasteiger partial charge >= 0.3 is 0 Å². The first kappa shape index (κ1) is 13.5. The predicted molar refractivity (Wildman–Crippen MR) is 66.7 cm³/mol. The Labute approximate surface area is 103 Å². The largest absolute Gasteiger partial charge is 0.296 e. The highest BCUT2D eigenvalue weighted by atomic mass is 35.5. The van der Waals surface area contributed by atoms with Gasteiger partial charge in [0.25, 0.3) is 0 Å². The molecule has 4 nitrogen and oxygen atoms in total. The van der Waals surface area contributed by atoms with E-state index in [1.54, 1.807) is 6.33 Å². The molecular formula is C11H21ClN4. The summed E-state index contributed by atoms with van der Waals surface area (Å²) in [4.78, 5) is 6.65. The van der Waals surface area contributed by atoms with Gasteiger partial charge in [-0.25, -0.2) is 9.67 Å². The van der Waals surface area contributed by atoms with Crippen molar-refractivity contribution < 1.29 is 0 Å². The molecule has 0 fully saturated rings. The molecule has 0 aromatic carbocycles. The number of alkyl halides is 1. The number of nitrogens with zero attached hydrogens (tertiary/aromatic N) is 4. The standard InChI is InChI=1S/C11H21ClN4/c1-4-15(7-5-6-12)8-11-13-9-14-16(11)10(2)3/h9-10H,4-8H2,1-3H3. The van der Waals surface area contributed by atoms with Gasteiger partial charge in [0.1, 0.15) is 12.2 Å². The molecule has 0 bridgehead atoms. The van der Waals surface area contributed by atoms with Gasteiger partial charge in [0.15, 0.2) is 0 Å². The first-order chi connectivity index (χ1) is 7.69. The lowest BCUT2D eigenvalue weighted by atomic mass is 10.3. The van der Waals surface area contributed by atoms with E-state index in [1.165, 1.54) is 0 Å². The summed E-state index contributed by atoms with van der Waals surface area (Å²) >= 11 is 5.71. The maximum Gasteiger partial charge on any atom is 0.141 e. The summed E-state index contributed by atoms with van der Waals surface area (Å²) in [7, 11) is 0. The first-order valence-corrected chi connectivity index (χ1v) is 6.39. The van der Waals surface area contributed by atoms with Crippen LogP contribution in [-0.4, -0.2) is 38.6 Å². The zero-order chi connectivity index (χ0) is 12.0. The Hall–Kier alpha value is -0.610. The molecule has 0 amide bonds. The molecule has 0 aliphatic heterocycles. The van der Waals surface area contributed by atoms with Gasteiger partial charge in [-0.3, -0.25) is 4.90 Å². The Bertz CT molecular complexity index is 298. The van der Waals surface area contributed by atoms with Gasteiger partial charge in [0.2, 0.25) is 0 Å². The van der Waals surface area contributed by atoms with Crippen molar-refractivity contribution in [1.29, 1.82) is 0 Å². The van der Waals surface area contributed by atoms with E-state index in [1.807, 2.05) is 4.68 Å². The van der Waals surface area contributed by atoms with Gasteiger partial charge in [-0.1, -0.05) is 6.92 Å². The third-order valence-electron chi connectivity index (χ3n) is 2.56. The average molecular weight is 245 g/mol. The molecular weight excluding hydrogens is 224 g/mol. The molecule has 0 spiro atoms. The van der Waals surface area contributed by atoms with Crippen LogP contribution in [0.25, 0.3) is 0 Å². The summed E-state index contributed by atoms with van der Waals surface area (Å²) in [5.74, 6) is 1.75. The molecule has 1 heterocycles. The minimum absolute atomic E-state index is 0.365. The third-order valence-corrected chi connectivity index (χ3v) is 2.82. The van der Waals surface area contributed by atoms with Crippen molar-refractivity contribution in [3.8, 4) is 0 Å². The zero-order valence-corrected chi connectivity index (χ0v) is 11.1. The highest BCUT2D eigenvalue weighted by molar-refractivity contribution is 6.17. The fourth-order valence-electron chi connectivity index (χ4n) is 1.65. The van der Waals surface area contributed by atoms with Crippen molar-refractivity contribution in [3.05, 3.63) is 12.2 Å². The van der Waals surface area contributed by atoms with Crippen LogP contribution in [0.5, 0.6) is 0 Å². The molecule has 0 saturated carbocycles. The van der Waals surface area contributed by atoms with Crippen LogP contribution in [0, 0.1) is 0 Å². The lowest BCUT2D eigenvalue weighted by Gasteiger charge is -2.20. The minimum atomic E-state index is 0.365. The number of aromatic nitrogens is 3. The van der Waals surface area contributed by atoms with Crippen molar-refractivity contribution in [2.75, 3.05) is 19.0 Å². The van der Waals surface area contributed by atoms with E-state index >= 15 is 0 Å². The molecule has 5 heteroatoms. The van der Waals surface area contributed by atoms with Crippen LogP contribution in [0.1, 0.15) is 39.1 Å². The molecule has 0 radical (unpaired) electrons. The fourth-order valence-corrected chi connectivity index (χ4v) is 1.77. The van der Waals surface area contributed by atoms with Gasteiger partial charge < -0.3 is 0 Å². The van der Waals surface area contributed by atoms with E-state index in [-0.39, 0.29) is 0 Å².